The van der Waals surface area contributed by atoms with Gasteiger partial charge in [0.1, 0.15) is 7.14 Å². The topological polar surface area (TPSA) is 17.1 Å². The fourth-order valence-corrected chi connectivity index (χ4v) is 5.33. The van der Waals surface area contributed by atoms with Crippen LogP contribution in [0.3, 0.4) is 0 Å². The summed E-state index contributed by atoms with van der Waals surface area (Å²) in [5.41, 5.74) is 0. The van der Waals surface area contributed by atoms with Gasteiger partial charge in [-0.2, -0.15) is 0 Å². The molecule has 0 aromatic heterocycles. The lowest BCUT2D eigenvalue weighted by Crippen LogP contribution is -2.18. The van der Waals surface area contributed by atoms with Crippen molar-refractivity contribution in [3.05, 3.63) is 72.8 Å². The molecule has 2 aromatic carbocycles. The molecule has 0 heterocycles. The van der Waals surface area contributed by atoms with E-state index in [1.807, 2.05) is 60.7 Å². The Hall–Kier alpha value is -1.59. The monoisotopic (exact) mass is 312 g/mol. The van der Waals surface area contributed by atoms with E-state index in [1.54, 1.807) is 0 Å². The molecule has 0 saturated carbocycles. The summed E-state index contributed by atoms with van der Waals surface area (Å²) < 4.78 is 13.7. The molecule has 0 amide bonds. The van der Waals surface area contributed by atoms with E-state index in [-0.39, 0.29) is 0 Å². The molecule has 0 atom stereocenters. The molecule has 1 nitrogen and oxygen atoms in total. The molecule has 0 unspecified atom stereocenters. The Kier molecular flexibility index (Phi) is 6.68. The Morgan fingerprint density at radius 3 is 1.82 bits per heavy atom. The van der Waals surface area contributed by atoms with Crippen molar-refractivity contribution in [2.45, 2.75) is 32.6 Å². The van der Waals surface area contributed by atoms with Gasteiger partial charge in [0.15, 0.2) is 0 Å². The molecular formula is C20H25OP. The highest BCUT2D eigenvalue weighted by atomic mass is 31.2. The second-order valence-corrected chi connectivity index (χ2v) is 8.50. The van der Waals surface area contributed by atoms with Crippen LogP contribution in [0, 0.1) is 0 Å². The highest BCUT2D eigenvalue weighted by Crippen LogP contribution is 2.44. The van der Waals surface area contributed by atoms with E-state index in [1.165, 1.54) is 6.42 Å². The van der Waals surface area contributed by atoms with E-state index in [0.29, 0.717) is 0 Å². The van der Waals surface area contributed by atoms with Crippen LogP contribution >= 0.6 is 7.14 Å². The van der Waals surface area contributed by atoms with Gasteiger partial charge in [-0.25, -0.2) is 0 Å². The number of hydrogen-bond acceptors (Lipinski definition) is 1. The van der Waals surface area contributed by atoms with Gasteiger partial charge in [-0.1, -0.05) is 86.2 Å². The van der Waals surface area contributed by atoms with E-state index in [0.717, 1.165) is 36.0 Å². The van der Waals surface area contributed by atoms with Gasteiger partial charge in [-0.05, 0) is 19.3 Å². The van der Waals surface area contributed by atoms with Crippen molar-refractivity contribution in [3.8, 4) is 0 Å². The predicted molar refractivity (Wildman–Crippen MR) is 97.9 cm³/mol. The number of benzene rings is 2. The van der Waals surface area contributed by atoms with Crippen LogP contribution in [0.5, 0.6) is 0 Å². The van der Waals surface area contributed by atoms with Crippen LogP contribution < -0.4 is 10.6 Å². The first-order valence-corrected chi connectivity index (χ1v) is 10.0. The lowest BCUT2D eigenvalue weighted by atomic mass is 10.2. The second-order valence-electron chi connectivity index (χ2n) is 5.54. The lowest BCUT2D eigenvalue weighted by molar-refractivity contribution is 0.585. The van der Waals surface area contributed by atoms with Gasteiger partial charge < -0.3 is 4.57 Å². The van der Waals surface area contributed by atoms with Gasteiger partial charge in [0.05, 0.1) is 0 Å². The zero-order valence-electron chi connectivity index (χ0n) is 13.3. The molecule has 0 aliphatic carbocycles. The Bertz CT molecular complexity index is 573. The van der Waals surface area contributed by atoms with Crippen molar-refractivity contribution in [3.63, 3.8) is 0 Å². The maximum absolute atomic E-state index is 13.7. The molecule has 0 aliphatic rings. The Morgan fingerprint density at radius 1 is 0.818 bits per heavy atom. The molecule has 0 saturated heterocycles. The number of unbranched alkanes of at least 4 members (excludes halogenated alkanes) is 2. The van der Waals surface area contributed by atoms with Gasteiger partial charge in [-0.3, -0.25) is 0 Å². The maximum atomic E-state index is 13.7. The lowest BCUT2D eigenvalue weighted by Gasteiger charge is -2.19. The normalized spacial score (nSPS) is 11.9. The standard InChI is InChI=1S/C20H25OP/c1-2-3-4-5-6-13-18-22(21,19-14-9-7-10-15-19)20-16-11-8-12-17-20/h4-5,7-12,14-17H,2-3,6,13,18H2,1H3. The van der Waals surface area contributed by atoms with Crippen LogP contribution in [0.4, 0.5) is 0 Å². The van der Waals surface area contributed by atoms with E-state index in [2.05, 4.69) is 19.1 Å². The zero-order chi connectivity index (χ0) is 15.7. The van der Waals surface area contributed by atoms with Gasteiger partial charge >= 0.3 is 0 Å². The maximum Gasteiger partial charge on any atom is 0.143 e. The highest BCUT2D eigenvalue weighted by molar-refractivity contribution is 7.78. The zero-order valence-corrected chi connectivity index (χ0v) is 14.2. The average molecular weight is 312 g/mol. The molecule has 0 radical (unpaired) electrons. The minimum absolute atomic E-state index is 0.734. The molecule has 2 rings (SSSR count). The van der Waals surface area contributed by atoms with Crippen LogP contribution in [-0.2, 0) is 4.57 Å². The van der Waals surface area contributed by atoms with E-state index >= 15 is 0 Å². The molecule has 22 heavy (non-hydrogen) atoms. The van der Waals surface area contributed by atoms with Crippen molar-refractivity contribution in [1.29, 1.82) is 0 Å². The summed E-state index contributed by atoms with van der Waals surface area (Å²) in [5.74, 6) is 0. The number of hydrogen-bond donors (Lipinski definition) is 0. The van der Waals surface area contributed by atoms with Crippen LogP contribution in [0.1, 0.15) is 32.6 Å². The minimum Gasteiger partial charge on any atom is -0.314 e. The summed E-state index contributed by atoms with van der Waals surface area (Å²) in [6, 6.07) is 19.9. The third-order valence-corrected chi connectivity index (χ3v) is 7.02. The molecule has 0 N–H and O–H groups in total. The third kappa shape index (κ3) is 4.45. The van der Waals surface area contributed by atoms with Crippen molar-refractivity contribution in [1.82, 2.24) is 0 Å². The van der Waals surface area contributed by atoms with Gasteiger partial charge in [0.25, 0.3) is 0 Å². The molecule has 116 valence electrons. The quantitative estimate of drug-likeness (QED) is 0.375. The first-order chi connectivity index (χ1) is 10.8. The molecule has 0 spiro atoms. The first-order valence-electron chi connectivity index (χ1n) is 8.12. The molecule has 2 heteroatoms. The molecule has 0 fully saturated rings. The predicted octanol–water partition coefficient (Wildman–Crippen LogP) is 5.14. The van der Waals surface area contributed by atoms with Gasteiger partial charge in [0, 0.05) is 16.8 Å². The summed E-state index contributed by atoms with van der Waals surface area (Å²) in [6.45, 7) is 2.18. The number of allylic oxidation sites excluding steroid dienone is 2. The van der Waals surface area contributed by atoms with Crippen LogP contribution in [0.15, 0.2) is 72.8 Å². The molecule has 0 aliphatic heterocycles. The minimum atomic E-state index is -2.51. The number of rotatable bonds is 8. The average Bonchev–Trinajstić information content (AvgIpc) is 2.59. The molecule has 2 aromatic rings. The second kappa shape index (κ2) is 8.76. The Morgan fingerprint density at radius 2 is 1.32 bits per heavy atom. The van der Waals surface area contributed by atoms with E-state index in [9.17, 15) is 4.57 Å². The van der Waals surface area contributed by atoms with Crippen molar-refractivity contribution in [2.75, 3.05) is 6.16 Å². The smallest absolute Gasteiger partial charge is 0.143 e. The Balaban J connectivity index is 2.15. The summed E-state index contributed by atoms with van der Waals surface area (Å²) in [7, 11) is -2.51. The third-order valence-electron chi connectivity index (χ3n) is 3.81. The Labute approximate surface area is 134 Å². The molecule has 0 bridgehead atoms. The molecular weight excluding hydrogens is 287 g/mol. The summed E-state index contributed by atoms with van der Waals surface area (Å²) in [5, 5.41) is 1.94. The van der Waals surface area contributed by atoms with Crippen LogP contribution in [-0.4, -0.2) is 6.16 Å². The van der Waals surface area contributed by atoms with E-state index in [4.69, 9.17) is 0 Å². The highest BCUT2D eigenvalue weighted by Gasteiger charge is 2.25. The summed E-state index contributed by atoms with van der Waals surface area (Å²) in [6.07, 6.45) is 9.47. The summed E-state index contributed by atoms with van der Waals surface area (Å²) >= 11 is 0. The fourth-order valence-electron chi connectivity index (χ4n) is 2.58. The van der Waals surface area contributed by atoms with Crippen LogP contribution in [0.25, 0.3) is 0 Å². The summed E-state index contributed by atoms with van der Waals surface area (Å²) in [4.78, 5) is 0. The van der Waals surface area contributed by atoms with Crippen molar-refractivity contribution in [2.24, 2.45) is 0 Å². The van der Waals surface area contributed by atoms with E-state index < -0.39 is 7.14 Å². The van der Waals surface area contributed by atoms with Crippen molar-refractivity contribution < 1.29 is 4.57 Å². The largest absolute Gasteiger partial charge is 0.314 e. The van der Waals surface area contributed by atoms with Gasteiger partial charge in [-0.15, -0.1) is 0 Å². The van der Waals surface area contributed by atoms with Crippen LogP contribution in [0.2, 0.25) is 0 Å². The SMILES string of the molecule is CCCC=CCCCP(=O)(c1ccccc1)c1ccccc1. The first kappa shape index (κ1) is 16.8. The van der Waals surface area contributed by atoms with Crippen molar-refractivity contribution >= 4 is 17.8 Å². The fraction of sp³-hybridized carbons (Fsp3) is 0.300. The van der Waals surface area contributed by atoms with Gasteiger partial charge in [0.2, 0.25) is 0 Å².